The van der Waals surface area contributed by atoms with Crippen molar-refractivity contribution in [1.29, 1.82) is 0 Å². The zero-order valence-corrected chi connectivity index (χ0v) is 24.3. The molecule has 0 aliphatic carbocycles. The van der Waals surface area contributed by atoms with Crippen LogP contribution in [0.25, 0.3) is 11.3 Å². The molecule has 222 valence electrons. The van der Waals surface area contributed by atoms with E-state index in [1.165, 1.54) is 30.6 Å². The number of aromatic nitrogens is 2. The maximum absolute atomic E-state index is 15.6. The summed E-state index contributed by atoms with van der Waals surface area (Å²) in [5.74, 6) is -1.77. The molecule has 16 heteroatoms. The van der Waals surface area contributed by atoms with Crippen LogP contribution in [0.1, 0.15) is 34.1 Å². The van der Waals surface area contributed by atoms with E-state index in [9.17, 15) is 24.1 Å². The normalized spacial score (nSPS) is 26.7. The first-order valence-corrected chi connectivity index (χ1v) is 15.0. The molecule has 6 atom stereocenters. The molecule has 2 aliphatic rings. The van der Waals surface area contributed by atoms with Crippen LogP contribution >= 0.6 is 19.3 Å². The molecule has 0 radical (unpaired) electrons. The van der Waals surface area contributed by atoms with Crippen molar-refractivity contribution in [2.45, 2.75) is 70.4 Å². The number of carbonyl (C=O) groups excluding carboxylic acids is 3. The van der Waals surface area contributed by atoms with Gasteiger partial charge >= 0.3 is 13.7 Å². The van der Waals surface area contributed by atoms with Crippen molar-refractivity contribution in [1.82, 2.24) is 19.6 Å². The van der Waals surface area contributed by atoms with Gasteiger partial charge in [-0.25, -0.2) is 8.96 Å². The summed E-state index contributed by atoms with van der Waals surface area (Å²) in [6.07, 6.45) is -3.50. The van der Waals surface area contributed by atoms with Crippen LogP contribution < -0.4 is 9.61 Å². The molecule has 3 heterocycles. The monoisotopic (exact) mass is 612 g/mol. The van der Waals surface area contributed by atoms with Gasteiger partial charge in [-0.2, -0.15) is 5.09 Å². The van der Waals surface area contributed by atoms with Crippen molar-refractivity contribution < 1.29 is 47.0 Å². The van der Waals surface area contributed by atoms with E-state index < -0.39 is 74.7 Å². The molecule has 1 aromatic heterocycles. The predicted octanol–water partition coefficient (Wildman–Crippen LogP) is 2.77. The smallest absolute Gasteiger partial charge is 0.459 e. The van der Waals surface area contributed by atoms with Crippen molar-refractivity contribution >= 4 is 36.9 Å². The van der Waals surface area contributed by atoms with Crippen molar-refractivity contribution in [2.75, 3.05) is 6.61 Å². The topological polar surface area (TPSA) is 166 Å². The average Bonchev–Trinajstić information content (AvgIpc) is 3.51. The lowest BCUT2D eigenvalue weighted by atomic mass is 9.97. The minimum Gasteiger partial charge on any atom is -0.462 e. The molecular weight excluding hydrogens is 582 g/mol. The first-order chi connectivity index (χ1) is 19.3. The number of hydrogen-bond acceptors (Lipinski definition) is 12. The first kappa shape index (κ1) is 30.9. The van der Waals surface area contributed by atoms with Crippen molar-refractivity contribution in [3.8, 4) is 17.0 Å². The number of amides is 1. The summed E-state index contributed by atoms with van der Waals surface area (Å²) < 4.78 is 55.3. The third-order valence-electron chi connectivity index (χ3n) is 6.21. The molecule has 0 spiro atoms. The number of halogens is 1. The number of ether oxygens (including phenoxy) is 2. The Morgan fingerprint density at radius 1 is 1.32 bits per heavy atom. The molecule has 0 saturated carbocycles. The van der Waals surface area contributed by atoms with Crippen LogP contribution in [0.15, 0.2) is 41.9 Å². The maximum Gasteiger partial charge on any atom is 0.459 e. The molecule has 1 unspecified atom stereocenters. The highest BCUT2D eigenvalue weighted by Gasteiger charge is 2.57. The molecule has 1 saturated heterocycles. The van der Waals surface area contributed by atoms with E-state index in [1.807, 2.05) is 0 Å². The number of aliphatic hydroxyl groups excluding tert-OH is 1. The van der Waals surface area contributed by atoms with Gasteiger partial charge < -0.3 is 19.1 Å². The predicted molar refractivity (Wildman–Crippen MR) is 143 cm³/mol. The number of aliphatic hydroxyl groups is 1. The lowest BCUT2D eigenvalue weighted by Crippen LogP contribution is -2.51. The van der Waals surface area contributed by atoms with Gasteiger partial charge in [0.15, 0.2) is 17.7 Å². The van der Waals surface area contributed by atoms with Gasteiger partial charge in [-0.15, -0.1) is 5.10 Å². The van der Waals surface area contributed by atoms with E-state index in [0.717, 1.165) is 29.7 Å². The SMILES string of the molecule is CC(C)OC(=O)[C@H](C)NP(=O)(OC[C@H]1O[C@@H](N2C=CC(=O)CC2=O)[C@](C)(F)[C@@H]1O)Oc1ccc(-c2csnn2)cc1. The highest BCUT2D eigenvalue weighted by Crippen LogP contribution is 2.47. The minimum absolute atomic E-state index is 0.104. The Kier molecular flexibility index (Phi) is 9.36. The fourth-order valence-corrected chi connectivity index (χ4v) is 6.07. The zero-order chi connectivity index (χ0) is 29.9. The summed E-state index contributed by atoms with van der Waals surface area (Å²) in [4.78, 5) is 37.2. The van der Waals surface area contributed by atoms with E-state index in [0.29, 0.717) is 5.69 Å². The molecule has 2 aliphatic heterocycles. The Labute approximate surface area is 239 Å². The number of nitrogens with one attached hydrogen (secondary N) is 1. The van der Waals surface area contributed by atoms with Gasteiger partial charge in [-0.1, -0.05) is 4.49 Å². The van der Waals surface area contributed by atoms with Gasteiger partial charge in [0.2, 0.25) is 5.91 Å². The number of rotatable bonds is 11. The molecule has 0 bridgehead atoms. The van der Waals surface area contributed by atoms with Gasteiger partial charge in [0.1, 0.15) is 29.7 Å². The summed E-state index contributed by atoms with van der Waals surface area (Å²) in [6, 6.07) is 5.18. The molecule has 4 rings (SSSR count). The van der Waals surface area contributed by atoms with E-state index in [1.54, 1.807) is 31.4 Å². The largest absolute Gasteiger partial charge is 0.462 e. The van der Waals surface area contributed by atoms with E-state index in [-0.39, 0.29) is 5.75 Å². The third kappa shape index (κ3) is 7.23. The second kappa shape index (κ2) is 12.4. The van der Waals surface area contributed by atoms with E-state index in [4.69, 9.17) is 18.5 Å². The van der Waals surface area contributed by atoms with Crippen molar-refractivity contribution in [2.24, 2.45) is 0 Å². The van der Waals surface area contributed by atoms with E-state index >= 15 is 4.39 Å². The summed E-state index contributed by atoms with van der Waals surface area (Å²) >= 11 is 1.18. The van der Waals surface area contributed by atoms with Gasteiger partial charge in [0.05, 0.1) is 19.1 Å². The Balaban J connectivity index is 1.51. The number of benzene rings is 1. The Bertz CT molecular complexity index is 1340. The number of hydrogen-bond donors (Lipinski definition) is 2. The van der Waals surface area contributed by atoms with Crippen LogP contribution in [-0.4, -0.2) is 80.1 Å². The lowest BCUT2D eigenvalue weighted by Gasteiger charge is -2.32. The lowest BCUT2D eigenvalue weighted by molar-refractivity contribution is -0.150. The molecule has 1 fully saturated rings. The molecular formula is C25H30FN4O9PS. The van der Waals surface area contributed by atoms with Gasteiger partial charge in [0.25, 0.3) is 0 Å². The summed E-state index contributed by atoms with van der Waals surface area (Å²) in [6.45, 7) is 5.09. The van der Waals surface area contributed by atoms with Crippen molar-refractivity contribution in [3.63, 3.8) is 0 Å². The number of allylic oxidation sites excluding steroid dienone is 1. The summed E-state index contributed by atoms with van der Waals surface area (Å²) in [7, 11) is -4.39. The zero-order valence-electron chi connectivity index (χ0n) is 22.6. The van der Waals surface area contributed by atoms with Crippen LogP contribution in [0.5, 0.6) is 5.75 Å². The molecule has 1 aromatic carbocycles. The molecule has 1 amide bonds. The number of esters is 1. The summed E-state index contributed by atoms with van der Waals surface area (Å²) in [5.41, 5.74) is -1.12. The van der Waals surface area contributed by atoms with Crippen LogP contribution in [0.3, 0.4) is 0 Å². The van der Waals surface area contributed by atoms with Gasteiger partial charge in [0, 0.05) is 17.1 Å². The van der Waals surface area contributed by atoms with Gasteiger partial charge in [-0.05, 0) is 69.6 Å². The standard InChI is InChI=1S/C25H30FN4O9PS/c1-14(2)37-23(34)15(3)28-40(35,39-18-7-5-16(6-8-18)19-13-41-29-27-19)36-12-20-22(33)25(4,26)24(38-20)30-10-9-17(31)11-21(30)32/h5-10,13-15,20,22,24,33H,11-12H2,1-4H3,(H,28,35)/t15-,20+,22+,24+,25+,40?/m0/s1. The summed E-state index contributed by atoms with van der Waals surface area (Å²) in [5, 5.41) is 18.9. The van der Waals surface area contributed by atoms with Gasteiger partial charge in [-0.3, -0.25) is 23.8 Å². The molecule has 41 heavy (non-hydrogen) atoms. The highest BCUT2D eigenvalue weighted by molar-refractivity contribution is 7.52. The van der Waals surface area contributed by atoms with Crippen molar-refractivity contribution in [3.05, 3.63) is 41.9 Å². The van der Waals surface area contributed by atoms with Crippen LogP contribution in [0, 0.1) is 0 Å². The Morgan fingerprint density at radius 3 is 2.63 bits per heavy atom. The Morgan fingerprint density at radius 2 is 2.02 bits per heavy atom. The first-order valence-electron chi connectivity index (χ1n) is 12.6. The average molecular weight is 613 g/mol. The number of ketones is 1. The second-order valence-corrected chi connectivity index (χ2v) is 12.2. The highest BCUT2D eigenvalue weighted by atomic mass is 32.1. The minimum atomic E-state index is -4.39. The van der Waals surface area contributed by atoms with E-state index in [2.05, 4.69) is 14.7 Å². The Hall–Kier alpha value is -3.07. The molecule has 2 N–H and O–H groups in total. The van der Waals surface area contributed by atoms with Crippen LogP contribution in [0.2, 0.25) is 0 Å². The third-order valence-corrected chi connectivity index (χ3v) is 8.35. The number of nitrogens with zero attached hydrogens (tertiary/aromatic N) is 3. The second-order valence-electron chi connectivity index (χ2n) is 9.92. The fraction of sp³-hybridized carbons (Fsp3) is 0.480. The fourth-order valence-electron chi connectivity index (χ4n) is 4.11. The molecule has 13 nitrogen and oxygen atoms in total. The van der Waals surface area contributed by atoms with Crippen LogP contribution in [-0.2, 0) is 32.9 Å². The molecule has 2 aromatic rings. The quantitative estimate of drug-likeness (QED) is 0.217. The number of carbonyl (C=O) groups is 3. The maximum atomic E-state index is 15.6. The van der Waals surface area contributed by atoms with Crippen LogP contribution in [0.4, 0.5) is 4.39 Å². The number of alkyl halides is 1.